The van der Waals surface area contributed by atoms with Crippen LogP contribution in [0.15, 0.2) is 88.8 Å². The van der Waals surface area contributed by atoms with Gasteiger partial charge in [-0.2, -0.15) is 0 Å². The lowest BCUT2D eigenvalue weighted by Crippen LogP contribution is -2.57. The summed E-state index contributed by atoms with van der Waals surface area (Å²) in [5.41, 5.74) is 11.1. The Balaban J connectivity index is 0.681. The normalized spacial score (nSPS) is 18.4. The molecule has 0 saturated carbocycles. The minimum atomic E-state index is -1.00. The number of hydrogen-bond donors (Lipinski definition) is 5. The van der Waals surface area contributed by atoms with Gasteiger partial charge >= 0.3 is 0 Å². The van der Waals surface area contributed by atoms with Crippen molar-refractivity contribution in [3.8, 4) is 10.4 Å². The van der Waals surface area contributed by atoms with Crippen molar-refractivity contribution >= 4 is 64.2 Å². The van der Waals surface area contributed by atoms with Crippen LogP contribution in [0.4, 0.5) is 17.5 Å². The second-order valence-corrected chi connectivity index (χ2v) is 23.8. The number of ether oxygens (including phenoxy) is 1. The van der Waals surface area contributed by atoms with Crippen molar-refractivity contribution in [3.63, 3.8) is 0 Å². The van der Waals surface area contributed by atoms with Crippen molar-refractivity contribution in [2.24, 2.45) is 11.1 Å². The zero-order valence-corrected chi connectivity index (χ0v) is 46.3. The Morgan fingerprint density at radius 2 is 1.54 bits per heavy atom. The Labute approximate surface area is 454 Å². The second kappa shape index (κ2) is 25.4. The standard InChI is InChI=1S/C56H74N12O6S2/c1-36(38-14-16-39(17-15-38)49-37(2)62-35-75-49)63-52(72)45-27-42(69)32-68(45)53(73)50(55(3,4)5)65-51(71)40-28-60-54(61-29-40)67-33-43(34-67)74-26-12-10-8-7-9-11-13-47(70)64-41-18-20-44(21-19-41)76-48-31-58-46(30-59-48)66-24-22-56(6,57)23-25-66/h14-21,28-31,35-36,42-43,45,50,69H,7-13,22-27,32-34,57H2,1-6H3,(H,63,72)(H,64,70)(H,65,71)/t36-,42+,45-,50?/m0/s1. The van der Waals surface area contributed by atoms with Crippen molar-refractivity contribution in [1.29, 1.82) is 0 Å². The number of aliphatic hydroxyl groups is 1. The first-order valence-corrected chi connectivity index (χ1v) is 28.3. The summed E-state index contributed by atoms with van der Waals surface area (Å²) < 4.78 is 6.10. The predicted octanol–water partition coefficient (Wildman–Crippen LogP) is 7.73. The van der Waals surface area contributed by atoms with Gasteiger partial charge in [-0.05, 0) is 87.3 Å². The number of hydrogen-bond acceptors (Lipinski definition) is 16. The van der Waals surface area contributed by atoms with E-state index in [2.05, 4.69) is 52.7 Å². The number of aromatic nitrogens is 5. The fraction of sp³-hybridized carbons (Fsp3) is 0.518. The van der Waals surface area contributed by atoms with Gasteiger partial charge in [0.25, 0.3) is 5.91 Å². The van der Waals surface area contributed by atoms with E-state index in [0.29, 0.717) is 32.1 Å². The molecule has 0 spiro atoms. The SMILES string of the molecule is Cc1ncsc1-c1ccc([C@H](C)NC(=O)[C@@H]2C[C@@H](O)CN2C(=O)C(NC(=O)c2cnc(N3CC(OCCCCCCCCC(=O)Nc4ccc(Sc5cnc(N6CCC(C)(N)CC6)cn5)cc4)C3)nc2)C(C)(C)C)cc1. The van der Waals surface area contributed by atoms with Crippen molar-refractivity contribution in [2.75, 3.05) is 54.4 Å². The quantitative estimate of drug-likeness (QED) is 0.0418. The first-order valence-electron chi connectivity index (χ1n) is 26.6. The van der Waals surface area contributed by atoms with Crippen LogP contribution in [0.2, 0.25) is 0 Å². The van der Waals surface area contributed by atoms with E-state index in [4.69, 9.17) is 10.5 Å². The molecule has 8 rings (SSSR count). The van der Waals surface area contributed by atoms with Gasteiger partial charge in [-0.25, -0.2) is 24.9 Å². The number of likely N-dealkylation sites (tertiary alicyclic amines) is 1. The number of rotatable bonds is 22. The minimum absolute atomic E-state index is 0.0214. The summed E-state index contributed by atoms with van der Waals surface area (Å²) in [4.78, 5) is 84.4. The van der Waals surface area contributed by atoms with Crippen molar-refractivity contribution in [1.82, 2.24) is 40.5 Å². The fourth-order valence-electron chi connectivity index (χ4n) is 9.61. The molecule has 76 heavy (non-hydrogen) atoms. The van der Waals surface area contributed by atoms with Gasteiger partial charge in [0, 0.05) is 80.7 Å². The molecule has 1 unspecified atom stereocenters. The van der Waals surface area contributed by atoms with Gasteiger partial charge in [0.15, 0.2) is 0 Å². The first kappa shape index (κ1) is 56.2. The molecule has 4 atom stereocenters. The smallest absolute Gasteiger partial charge is 0.255 e. The summed E-state index contributed by atoms with van der Waals surface area (Å²) in [6, 6.07) is 13.5. The molecule has 3 aliphatic heterocycles. The predicted molar refractivity (Wildman–Crippen MR) is 297 cm³/mol. The summed E-state index contributed by atoms with van der Waals surface area (Å²) >= 11 is 3.11. The van der Waals surface area contributed by atoms with Crippen LogP contribution in [0.3, 0.4) is 0 Å². The number of anilines is 3. The van der Waals surface area contributed by atoms with Gasteiger partial charge in [0.2, 0.25) is 23.7 Å². The van der Waals surface area contributed by atoms with Gasteiger partial charge in [-0.15, -0.1) is 11.3 Å². The third-order valence-electron chi connectivity index (χ3n) is 14.4. The Kier molecular flexibility index (Phi) is 18.8. The zero-order valence-electron chi connectivity index (χ0n) is 44.7. The van der Waals surface area contributed by atoms with Crippen LogP contribution < -0.4 is 31.5 Å². The number of benzene rings is 2. The number of amides is 4. The largest absolute Gasteiger partial charge is 0.391 e. The monoisotopic (exact) mass is 1070 g/mol. The van der Waals surface area contributed by atoms with Crippen LogP contribution >= 0.6 is 23.1 Å². The number of β-amino-alcohol motifs (C(OH)–C–C–N with tert-alkyl or cyclic N) is 1. The Bertz CT molecular complexity index is 2720. The number of thiazole rings is 1. The third-order valence-corrected chi connectivity index (χ3v) is 16.3. The number of aryl methyl sites for hydroxylation is 1. The molecule has 3 aromatic heterocycles. The highest BCUT2D eigenvalue weighted by atomic mass is 32.2. The van der Waals surface area contributed by atoms with Gasteiger partial charge in [0.1, 0.15) is 22.9 Å². The maximum Gasteiger partial charge on any atom is 0.255 e. The summed E-state index contributed by atoms with van der Waals surface area (Å²) in [5.74, 6) is 0.0518. The lowest BCUT2D eigenvalue weighted by atomic mass is 9.85. The van der Waals surface area contributed by atoms with Gasteiger partial charge in [-0.1, -0.05) is 82.5 Å². The lowest BCUT2D eigenvalue weighted by molar-refractivity contribution is -0.142. The van der Waals surface area contributed by atoms with E-state index < -0.39 is 35.4 Å². The summed E-state index contributed by atoms with van der Waals surface area (Å²) in [6.07, 6.45) is 14.2. The number of nitrogens with two attached hydrogens (primary N) is 1. The first-order chi connectivity index (χ1) is 36.4. The van der Waals surface area contributed by atoms with Crippen LogP contribution in [-0.2, 0) is 19.1 Å². The molecule has 0 aliphatic carbocycles. The van der Waals surface area contributed by atoms with E-state index in [0.717, 1.165) is 108 Å². The molecule has 6 N–H and O–H groups in total. The topological polar surface area (TPSA) is 234 Å². The molecule has 3 saturated heterocycles. The van der Waals surface area contributed by atoms with Crippen molar-refractivity contribution in [2.45, 2.75) is 152 Å². The molecule has 2 aromatic carbocycles. The Morgan fingerprint density at radius 3 is 2.18 bits per heavy atom. The van der Waals surface area contributed by atoms with Crippen LogP contribution in [0.1, 0.15) is 126 Å². The minimum Gasteiger partial charge on any atom is -0.391 e. The van der Waals surface area contributed by atoms with Gasteiger partial charge in [0.05, 0.1) is 52.3 Å². The summed E-state index contributed by atoms with van der Waals surface area (Å²) in [6.45, 7) is 15.2. The highest BCUT2D eigenvalue weighted by Gasteiger charge is 2.45. The molecule has 3 aliphatic rings. The molecule has 0 radical (unpaired) electrons. The summed E-state index contributed by atoms with van der Waals surface area (Å²) in [5, 5.41) is 20.5. The molecule has 0 bridgehead atoms. The van der Waals surface area contributed by atoms with E-state index in [9.17, 15) is 24.3 Å². The maximum absolute atomic E-state index is 14.2. The molecule has 406 valence electrons. The number of piperidine rings is 1. The lowest BCUT2D eigenvalue weighted by Gasteiger charge is -2.38. The molecule has 6 heterocycles. The van der Waals surface area contributed by atoms with E-state index in [1.54, 1.807) is 11.3 Å². The van der Waals surface area contributed by atoms with Crippen molar-refractivity contribution < 1.29 is 29.0 Å². The van der Waals surface area contributed by atoms with E-state index in [1.807, 2.05) is 106 Å². The maximum atomic E-state index is 14.2. The van der Waals surface area contributed by atoms with Gasteiger partial charge in [-0.3, -0.25) is 19.2 Å². The highest BCUT2D eigenvalue weighted by Crippen LogP contribution is 2.32. The average molecular weight is 1080 g/mol. The summed E-state index contributed by atoms with van der Waals surface area (Å²) in [7, 11) is 0. The van der Waals surface area contributed by atoms with Gasteiger partial charge < -0.3 is 46.2 Å². The number of nitrogens with one attached hydrogen (secondary N) is 3. The van der Waals surface area contributed by atoms with E-state index >= 15 is 0 Å². The average Bonchev–Trinajstić information content (AvgIpc) is 4.01. The number of nitrogens with zero attached hydrogens (tertiary/aromatic N) is 8. The number of carbonyl (C=O) groups excluding carboxylic acids is 4. The Hall–Kier alpha value is -6.06. The number of unbranched alkanes of at least 4 members (excludes halogenated alkanes) is 5. The molecular formula is C56H74N12O6S2. The van der Waals surface area contributed by atoms with Crippen LogP contribution in [-0.4, -0.2) is 128 Å². The molecular weight excluding hydrogens is 1000 g/mol. The Morgan fingerprint density at radius 1 is 0.855 bits per heavy atom. The fourth-order valence-corrected chi connectivity index (χ4v) is 11.1. The second-order valence-electron chi connectivity index (χ2n) is 21.9. The molecule has 18 nitrogen and oxygen atoms in total. The molecule has 5 aromatic rings. The zero-order chi connectivity index (χ0) is 54.0. The highest BCUT2D eigenvalue weighted by molar-refractivity contribution is 7.99. The molecule has 20 heteroatoms. The number of aliphatic hydroxyl groups excluding tert-OH is 1. The third kappa shape index (κ3) is 15.1. The van der Waals surface area contributed by atoms with E-state index in [1.165, 1.54) is 29.1 Å². The van der Waals surface area contributed by atoms with Crippen LogP contribution in [0.25, 0.3) is 10.4 Å². The number of carbonyl (C=O) groups is 4. The van der Waals surface area contributed by atoms with Crippen LogP contribution in [0.5, 0.6) is 0 Å². The molecule has 4 amide bonds. The van der Waals surface area contributed by atoms with E-state index in [-0.39, 0.29) is 48.0 Å². The van der Waals surface area contributed by atoms with Crippen molar-refractivity contribution in [3.05, 3.63) is 95.6 Å². The molecule has 3 fully saturated rings. The van der Waals surface area contributed by atoms with Crippen LogP contribution in [0, 0.1) is 12.3 Å².